The van der Waals surface area contributed by atoms with E-state index in [4.69, 9.17) is 23.2 Å². The molecule has 0 radical (unpaired) electrons. The highest BCUT2D eigenvalue weighted by Crippen LogP contribution is 2.30. The predicted octanol–water partition coefficient (Wildman–Crippen LogP) is 5.75. The van der Waals surface area contributed by atoms with Gasteiger partial charge in [-0.05, 0) is 68.2 Å². The lowest BCUT2D eigenvalue weighted by atomic mass is 9.86. The van der Waals surface area contributed by atoms with E-state index in [0.717, 1.165) is 36.9 Å². The SMILES string of the molecule is CN(C)Cc1ccc2c(c1)CCC(N(C)C(=O)c1ccc(-c3ccc(Cl)cc3Cl)cn1)C2. The molecular formula is C26H27Cl2N3O. The lowest BCUT2D eigenvalue weighted by Gasteiger charge is -2.32. The van der Waals surface area contributed by atoms with E-state index in [1.807, 2.05) is 24.1 Å². The molecule has 1 unspecified atom stereocenters. The highest BCUT2D eigenvalue weighted by atomic mass is 35.5. The van der Waals surface area contributed by atoms with Gasteiger partial charge in [0.25, 0.3) is 5.91 Å². The monoisotopic (exact) mass is 467 g/mol. The Morgan fingerprint density at radius 2 is 1.84 bits per heavy atom. The van der Waals surface area contributed by atoms with E-state index in [0.29, 0.717) is 15.7 Å². The summed E-state index contributed by atoms with van der Waals surface area (Å²) in [6.07, 6.45) is 4.51. The molecule has 6 heteroatoms. The standard InChI is InChI=1S/C26H27Cl2N3O/c1-30(2)16-17-4-5-19-13-22(9-6-18(19)12-17)31(3)26(32)25-11-7-20(15-29-25)23-10-8-21(27)14-24(23)28/h4-5,7-8,10-12,14-15,22H,6,9,13,16H2,1-3H3. The summed E-state index contributed by atoms with van der Waals surface area (Å²) < 4.78 is 0. The fraction of sp³-hybridized carbons (Fsp3) is 0.308. The summed E-state index contributed by atoms with van der Waals surface area (Å²) in [5.74, 6) is -0.0589. The van der Waals surface area contributed by atoms with Crippen LogP contribution in [0.3, 0.4) is 0 Å². The maximum Gasteiger partial charge on any atom is 0.272 e. The molecule has 0 saturated carbocycles. The van der Waals surface area contributed by atoms with Gasteiger partial charge < -0.3 is 9.80 Å². The van der Waals surface area contributed by atoms with Crippen molar-refractivity contribution in [3.05, 3.63) is 87.2 Å². The van der Waals surface area contributed by atoms with Gasteiger partial charge in [-0.1, -0.05) is 53.5 Å². The molecule has 3 aromatic rings. The molecule has 4 nitrogen and oxygen atoms in total. The normalized spacial score (nSPS) is 15.5. The van der Waals surface area contributed by atoms with Gasteiger partial charge in [0.15, 0.2) is 0 Å². The zero-order chi connectivity index (χ0) is 22.8. The topological polar surface area (TPSA) is 36.4 Å². The van der Waals surface area contributed by atoms with E-state index >= 15 is 0 Å². The summed E-state index contributed by atoms with van der Waals surface area (Å²) >= 11 is 12.3. The smallest absolute Gasteiger partial charge is 0.272 e. The van der Waals surface area contributed by atoms with Gasteiger partial charge in [0.1, 0.15) is 5.69 Å². The molecule has 0 fully saturated rings. The number of hydrogen-bond acceptors (Lipinski definition) is 3. The van der Waals surface area contributed by atoms with Gasteiger partial charge in [0.2, 0.25) is 0 Å². The molecule has 166 valence electrons. The van der Waals surface area contributed by atoms with Crippen molar-refractivity contribution in [2.45, 2.75) is 31.8 Å². The van der Waals surface area contributed by atoms with Crippen molar-refractivity contribution in [3.63, 3.8) is 0 Å². The largest absolute Gasteiger partial charge is 0.337 e. The van der Waals surface area contributed by atoms with Crippen molar-refractivity contribution in [3.8, 4) is 11.1 Å². The van der Waals surface area contributed by atoms with Gasteiger partial charge in [-0.25, -0.2) is 0 Å². The number of rotatable bonds is 5. The Morgan fingerprint density at radius 3 is 2.53 bits per heavy atom. The number of aryl methyl sites for hydroxylation is 1. The molecule has 32 heavy (non-hydrogen) atoms. The highest BCUT2D eigenvalue weighted by molar-refractivity contribution is 6.36. The van der Waals surface area contributed by atoms with Crippen LogP contribution < -0.4 is 0 Å². The van der Waals surface area contributed by atoms with Crippen molar-refractivity contribution >= 4 is 29.1 Å². The third kappa shape index (κ3) is 4.98. The van der Waals surface area contributed by atoms with E-state index in [1.54, 1.807) is 24.4 Å². The van der Waals surface area contributed by atoms with Crippen LogP contribution in [0.5, 0.6) is 0 Å². The zero-order valence-corrected chi connectivity index (χ0v) is 20.1. The van der Waals surface area contributed by atoms with E-state index < -0.39 is 0 Å². The minimum atomic E-state index is -0.0589. The maximum absolute atomic E-state index is 13.1. The number of hydrogen-bond donors (Lipinski definition) is 0. The molecule has 0 N–H and O–H groups in total. The summed E-state index contributed by atoms with van der Waals surface area (Å²) in [6, 6.07) is 15.9. The summed E-state index contributed by atoms with van der Waals surface area (Å²) in [5, 5.41) is 1.15. The number of benzene rings is 2. The number of aromatic nitrogens is 1. The molecule has 4 rings (SSSR count). The molecule has 1 aliphatic carbocycles. The van der Waals surface area contributed by atoms with Crippen LogP contribution in [-0.4, -0.2) is 47.9 Å². The average molecular weight is 468 g/mol. The van der Waals surface area contributed by atoms with Crippen LogP contribution in [0.1, 0.15) is 33.6 Å². The second-order valence-electron chi connectivity index (χ2n) is 8.71. The fourth-order valence-corrected chi connectivity index (χ4v) is 4.85. The third-order valence-electron chi connectivity index (χ3n) is 6.06. The molecule has 0 bridgehead atoms. The minimum absolute atomic E-state index is 0.0589. The summed E-state index contributed by atoms with van der Waals surface area (Å²) in [6.45, 7) is 0.942. The van der Waals surface area contributed by atoms with Crippen molar-refractivity contribution in [2.75, 3.05) is 21.1 Å². The van der Waals surface area contributed by atoms with Gasteiger partial charge >= 0.3 is 0 Å². The Kier molecular flexibility index (Phi) is 6.85. The molecule has 1 aliphatic rings. The van der Waals surface area contributed by atoms with E-state index in [9.17, 15) is 4.79 Å². The third-order valence-corrected chi connectivity index (χ3v) is 6.61. The highest BCUT2D eigenvalue weighted by Gasteiger charge is 2.26. The second-order valence-corrected chi connectivity index (χ2v) is 9.55. The lowest BCUT2D eigenvalue weighted by Crippen LogP contribution is -2.41. The zero-order valence-electron chi connectivity index (χ0n) is 18.6. The Labute approximate surface area is 199 Å². The van der Waals surface area contributed by atoms with Crippen LogP contribution >= 0.6 is 23.2 Å². The number of nitrogens with zero attached hydrogens (tertiary/aromatic N) is 3. The lowest BCUT2D eigenvalue weighted by molar-refractivity contribution is 0.0713. The number of amides is 1. The van der Waals surface area contributed by atoms with Crippen molar-refractivity contribution in [1.29, 1.82) is 0 Å². The van der Waals surface area contributed by atoms with Gasteiger partial charge in [-0.2, -0.15) is 0 Å². The maximum atomic E-state index is 13.1. The average Bonchev–Trinajstić information content (AvgIpc) is 2.77. The number of likely N-dealkylation sites (N-methyl/N-ethyl adjacent to an activating group) is 1. The van der Waals surface area contributed by atoms with Crippen molar-refractivity contribution in [2.24, 2.45) is 0 Å². The van der Waals surface area contributed by atoms with Crippen LogP contribution in [0.4, 0.5) is 0 Å². The number of halogens is 2. The van der Waals surface area contributed by atoms with E-state index in [1.165, 1.54) is 16.7 Å². The molecule has 1 atom stereocenters. The summed E-state index contributed by atoms with van der Waals surface area (Å²) in [5.41, 5.74) is 6.21. The molecule has 1 aromatic heterocycles. The van der Waals surface area contributed by atoms with E-state index in [-0.39, 0.29) is 11.9 Å². The Morgan fingerprint density at radius 1 is 1.03 bits per heavy atom. The van der Waals surface area contributed by atoms with E-state index in [2.05, 4.69) is 42.2 Å². The molecular weight excluding hydrogens is 441 g/mol. The number of carbonyl (C=O) groups is 1. The van der Waals surface area contributed by atoms with Crippen LogP contribution in [-0.2, 0) is 19.4 Å². The Hall–Kier alpha value is -2.40. The van der Waals surface area contributed by atoms with Gasteiger partial charge in [-0.15, -0.1) is 0 Å². The molecule has 0 saturated heterocycles. The fourth-order valence-electron chi connectivity index (χ4n) is 4.33. The minimum Gasteiger partial charge on any atom is -0.337 e. The van der Waals surface area contributed by atoms with Crippen LogP contribution in [0, 0.1) is 0 Å². The first-order valence-corrected chi connectivity index (χ1v) is 11.5. The van der Waals surface area contributed by atoms with Crippen LogP contribution in [0.25, 0.3) is 11.1 Å². The molecule has 0 aliphatic heterocycles. The Bertz CT molecular complexity index is 1130. The van der Waals surface area contributed by atoms with Crippen LogP contribution in [0.2, 0.25) is 10.0 Å². The number of carbonyl (C=O) groups excluding carboxylic acids is 1. The first kappa shape index (κ1) is 22.8. The molecule has 0 spiro atoms. The Balaban J connectivity index is 1.46. The predicted molar refractivity (Wildman–Crippen MR) is 131 cm³/mol. The first-order valence-electron chi connectivity index (χ1n) is 10.8. The van der Waals surface area contributed by atoms with Gasteiger partial charge in [0, 0.05) is 47.0 Å². The second kappa shape index (κ2) is 9.62. The number of pyridine rings is 1. The van der Waals surface area contributed by atoms with Crippen molar-refractivity contribution in [1.82, 2.24) is 14.8 Å². The summed E-state index contributed by atoms with van der Waals surface area (Å²) in [7, 11) is 6.05. The van der Waals surface area contributed by atoms with Gasteiger partial charge in [-0.3, -0.25) is 9.78 Å². The quantitative estimate of drug-likeness (QED) is 0.479. The van der Waals surface area contributed by atoms with Gasteiger partial charge in [0.05, 0.1) is 0 Å². The van der Waals surface area contributed by atoms with Crippen molar-refractivity contribution < 1.29 is 4.79 Å². The molecule has 1 amide bonds. The molecule has 1 heterocycles. The summed E-state index contributed by atoms with van der Waals surface area (Å²) in [4.78, 5) is 21.6. The van der Waals surface area contributed by atoms with Crippen LogP contribution in [0.15, 0.2) is 54.7 Å². The molecule has 2 aromatic carbocycles. The first-order chi connectivity index (χ1) is 15.3. The number of fused-ring (bicyclic) bond motifs is 1.